The van der Waals surface area contributed by atoms with E-state index in [-0.39, 0.29) is 11.8 Å². The number of carbonyl (C=O) groups excluding carboxylic acids is 2. The van der Waals surface area contributed by atoms with Gasteiger partial charge in [0.1, 0.15) is 5.75 Å². The van der Waals surface area contributed by atoms with Crippen molar-refractivity contribution in [3.8, 4) is 11.8 Å². The van der Waals surface area contributed by atoms with Crippen molar-refractivity contribution in [3.63, 3.8) is 0 Å². The molecule has 0 radical (unpaired) electrons. The third-order valence-electron chi connectivity index (χ3n) is 6.17. The number of anilines is 3. The fraction of sp³-hybridized carbons (Fsp3) is 0.276. The van der Waals surface area contributed by atoms with Crippen LogP contribution in [-0.4, -0.2) is 56.0 Å². The van der Waals surface area contributed by atoms with Crippen molar-refractivity contribution >= 4 is 28.9 Å². The van der Waals surface area contributed by atoms with Gasteiger partial charge in [0.2, 0.25) is 5.91 Å². The third kappa shape index (κ3) is 7.32. The molecule has 0 bridgehead atoms. The standard InChI is InChI=1S/C29H31N5O3/c1-2-37-27-14-10-25(11-15-27)32-29(36)23-6-8-24(9-7-23)31-28(35)21-33-16-3-17-34(19-18-33)26-12-4-22(20-30)5-13-26/h4-15H,2-3,16-19,21H2,1H3,(H,31,35)(H,32,36). The van der Waals surface area contributed by atoms with Gasteiger partial charge in [0.15, 0.2) is 0 Å². The fourth-order valence-electron chi connectivity index (χ4n) is 4.25. The van der Waals surface area contributed by atoms with Crippen LogP contribution in [0, 0.1) is 11.3 Å². The first-order valence-electron chi connectivity index (χ1n) is 12.5. The monoisotopic (exact) mass is 497 g/mol. The molecule has 8 heteroatoms. The Morgan fingerprint density at radius 1 is 0.865 bits per heavy atom. The zero-order valence-corrected chi connectivity index (χ0v) is 20.9. The minimum absolute atomic E-state index is 0.0848. The van der Waals surface area contributed by atoms with Gasteiger partial charge in [-0.15, -0.1) is 0 Å². The Bertz CT molecular complexity index is 1230. The number of rotatable bonds is 8. The second-order valence-electron chi connectivity index (χ2n) is 8.81. The Hall–Kier alpha value is -4.35. The summed E-state index contributed by atoms with van der Waals surface area (Å²) in [4.78, 5) is 29.7. The highest BCUT2D eigenvalue weighted by Crippen LogP contribution is 2.19. The molecule has 2 N–H and O–H groups in total. The SMILES string of the molecule is CCOc1ccc(NC(=O)c2ccc(NC(=O)CN3CCCN(c4ccc(C#N)cc4)CC3)cc2)cc1. The molecule has 1 aliphatic rings. The third-order valence-corrected chi connectivity index (χ3v) is 6.17. The van der Waals surface area contributed by atoms with Gasteiger partial charge in [0.05, 0.1) is 24.8 Å². The van der Waals surface area contributed by atoms with Gasteiger partial charge in [-0.1, -0.05) is 0 Å². The molecule has 1 heterocycles. The molecule has 0 aromatic heterocycles. The van der Waals surface area contributed by atoms with Crippen molar-refractivity contribution in [1.29, 1.82) is 5.26 Å². The van der Waals surface area contributed by atoms with E-state index >= 15 is 0 Å². The highest BCUT2D eigenvalue weighted by Gasteiger charge is 2.18. The summed E-state index contributed by atoms with van der Waals surface area (Å²) in [6.45, 7) is 6.15. The van der Waals surface area contributed by atoms with Gasteiger partial charge in [0, 0.05) is 48.8 Å². The van der Waals surface area contributed by atoms with Crippen LogP contribution in [0.4, 0.5) is 17.1 Å². The van der Waals surface area contributed by atoms with E-state index in [4.69, 9.17) is 10.00 Å². The predicted molar refractivity (Wildman–Crippen MR) is 145 cm³/mol. The van der Waals surface area contributed by atoms with Crippen LogP contribution >= 0.6 is 0 Å². The predicted octanol–water partition coefficient (Wildman–Crippen LogP) is 4.36. The molecule has 4 rings (SSSR count). The number of nitriles is 1. The van der Waals surface area contributed by atoms with Crippen LogP contribution < -0.4 is 20.3 Å². The van der Waals surface area contributed by atoms with E-state index in [9.17, 15) is 9.59 Å². The number of hydrogen-bond donors (Lipinski definition) is 2. The number of benzene rings is 3. The summed E-state index contributed by atoms with van der Waals surface area (Å²) in [5.74, 6) is 0.446. The summed E-state index contributed by atoms with van der Waals surface area (Å²) in [5, 5.41) is 14.8. The number of ether oxygens (including phenoxy) is 1. The highest BCUT2D eigenvalue weighted by atomic mass is 16.5. The lowest BCUT2D eigenvalue weighted by molar-refractivity contribution is -0.117. The first-order valence-corrected chi connectivity index (χ1v) is 12.5. The second kappa shape index (κ2) is 12.6. The maximum Gasteiger partial charge on any atom is 0.255 e. The van der Waals surface area contributed by atoms with E-state index in [1.807, 2.05) is 43.3 Å². The summed E-state index contributed by atoms with van der Waals surface area (Å²) in [7, 11) is 0. The second-order valence-corrected chi connectivity index (χ2v) is 8.81. The molecule has 0 spiro atoms. The van der Waals surface area contributed by atoms with Crippen molar-refractivity contribution in [2.45, 2.75) is 13.3 Å². The van der Waals surface area contributed by atoms with Crippen LogP contribution in [0.1, 0.15) is 29.3 Å². The highest BCUT2D eigenvalue weighted by molar-refractivity contribution is 6.04. The molecule has 0 unspecified atom stereocenters. The average molecular weight is 498 g/mol. The zero-order valence-electron chi connectivity index (χ0n) is 20.9. The molecule has 0 saturated carbocycles. The van der Waals surface area contributed by atoms with Crippen molar-refractivity contribution in [1.82, 2.24) is 4.90 Å². The summed E-state index contributed by atoms with van der Waals surface area (Å²) in [5.41, 5.74) is 3.58. The number of hydrogen-bond acceptors (Lipinski definition) is 6. The van der Waals surface area contributed by atoms with Crippen molar-refractivity contribution in [2.24, 2.45) is 0 Å². The van der Waals surface area contributed by atoms with Gasteiger partial charge in [-0.3, -0.25) is 14.5 Å². The van der Waals surface area contributed by atoms with E-state index in [0.717, 1.165) is 44.0 Å². The Morgan fingerprint density at radius 3 is 2.22 bits per heavy atom. The largest absolute Gasteiger partial charge is 0.494 e. The molecule has 1 saturated heterocycles. The summed E-state index contributed by atoms with van der Waals surface area (Å²) >= 11 is 0. The molecule has 0 aliphatic carbocycles. The van der Waals surface area contributed by atoms with E-state index < -0.39 is 0 Å². The molecule has 3 aromatic rings. The van der Waals surface area contributed by atoms with Crippen molar-refractivity contribution in [2.75, 3.05) is 54.9 Å². The molecule has 8 nitrogen and oxygen atoms in total. The Morgan fingerprint density at radius 2 is 1.54 bits per heavy atom. The molecule has 3 aromatic carbocycles. The minimum atomic E-state index is -0.224. The lowest BCUT2D eigenvalue weighted by atomic mass is 10.2. The Balaban J connectivity index is 1.25. The molecule has 190 valence electrons. The molecule has 0 atom stereocenters. The van der Waals surface area contributed by atoms with Crippen LogP contribution in [0.25, 0.3) is 0 Å². The molecular formula is C29H31N5O3. The van der Waals surface area contributed by atoms with Crippen LogP contribution in [0.2, 0.25) is 0 Å². The maximum absolute atomic E-state index is 12.7. The molecular weight excluding hydrogens is 466 g/mol. The van der Waals surface area contributed by atoms with Gasteiger partial charge < -0.3 is 20.3 Å². The summed E-state index contributed by atoms with van der Waals surface area (Å²) in [6.07, 6.45) is 0.950. The molecule has 37 heavy (non-hydrogen) atoms. The lowest BCUT2D eigenvalue weighted by Crippen LogP contribution is -2.36. The van der Waals surface area contributed by atoms with Gasteiger partial charge >= 0.3 is 0 Å². The fourth-order valence-corrected chi connectivity index (χ4v) is 4.25. The van der Waals surface area contributed by atoms with Gasteiger partial charge in [-0.25, -0.2) is 0 Å². The number of nitrogens with zero attached hydrogens (tertiary/aromatic N) is 3. The van der Waals surface area contributed by atoms with Gasteiger partial charge in [-0.05, 0) is 86.1 Å². The van der Waals surface area contributed by atoms with Crippen LogP contribution in [0.15, 0.2) is 72.8 Å². The first-order chi connectivity index (χ1) is 18.0. The lowest BCUT2D eigenvalue weighted by Gasteiger charge is -2.23. The van der Waals surface area contributed by atoms with Crippen LogP contribution in [0.3, 0.4) is 0 Å². The summed E-state index contributed by atoms with van der Waals surface area (Å²) < 4.78 is 5.42. The Kier molecular flexibility index (Phi) is 8.74. The smallest absolute Gasteiger partial charge is 0.255 e. The van der Waals surface area contributed by atoms with Crippen molar-refractivity contribution < 1.29 is 14.3 Å². The van der Waals surface area contributed by atoms with Crippen molar-refractivity contribution in [3.05, 3.63) is 83.9 Å². The maximum atomic E-state index is 12.7. The van der Waals surface area contributed by atoms with Gasteiger partial charge in [-0.2, -0.15) is 5.26 Å². The van der Waals surface area contributed by atoms with Crippen LogP contribution in [-0.2, 0) is 4.79 Å². The Labute approximate surface area is 217 Å². The van der Waals surface area contributed by atoms with E-state index in [2.05, 4.69) is 26.5 Å². The van der Waals surface area contributed by atoms with E-state index in [0.29, 0.717) is 35.7 Å². The van der Waals surface area contributed by atoms with E-state index in [1.54, 1.807) is 36.4 Å². The number of nitrogens with one attached hydrogen (secondary N) is 2. The van der Waals surface area contributed by atoms with E-state index in [1.165, 1.54) is 0 Å². The average Bonchev–Trinajstić information content (AvgIpc) is 3.16. The first kappa shape index (κ1) is 25.7. The quantitative estimate of drug-likeness (QED) is 0.480. The topological polar surface area (TPSA) is 97.7 Å². The summed E-state index contributed by atoms with van der Waals surface area (Å²) in [6, 6.07) is 23.8. The van der Waals surface area contributed by atoms with Crippen LogP contribution in [0.5, 0.6) is 5.75 Å². The normalized spacial score (nSPS) is 13.8. The molecule has 1 fully saturated rings. The number of carbonyl (C=O) groups is 2. The molecule has 2 amide bonds. The minimum Gasteiger partial charge on any atom is -0.494 e. The molecule has 1 aliphatic heterocycles. The zero-order chi connectivity index (χ0) is 26.0. The van der Waals surface area contributed by atoms with Gasteiger partial charge in [0.25, 0.3) is 5.91 Å². The number of amides is 2.